The topological polar surface area (TPSA) is 30.7 Å². The fraction of sp³-hybridized carbons (Fsp3) is 0.125. The monoisotopic (exact) mass is 315 g/mol. The normalized spacial score (nSPS) is 10.8. The number of halogens is 1. The van der Waals surface area contributed by atoms with Crippen LogP contribution in [0.1, 0.15) is 11.4 Å². The molecule has 0 saturated heterocycles. The van der Waals surface area contributed by atoms with Gasteiger partial charge >= 0.3 is 0 Å². The molecule has 0 bridgehead atoms. The number of aromatic nitrogens is 3. The zero-order valence-electron chi connectivity index (χ0n) is 11.5. The third kappa shape index (κ3) is 3.46. The number of nitrogens with zero attached hydrogens (tertiary/aromatic N) is 3. The SMILES string of the molecule is Cc1nc(SCc2cccc(Cl)c2)n(-c2ccccc2)n1. The standard InChI is InChI=1S/C16H14ClN3S/c1-12-18-16(20(19-12)15-8-3-2-4-9-15)21-11-13-6-5-7-14(17)10-13/h2-10H,11H2,1H3. The van der Waals surface area contributed by atoms with Crippen molar-refractivity contribution in [3.63, 3.8) is 0 Å². The van der Waals surface area contributed by atoms with E-state index in [1.54, 1.807) is 11.8 Å². The van der Waals surface area contributed by atoms with Gasteiger partial charge in [-0.1, -0.05) is 53.7 Å². The summed E-state index contributed by atoms with van der Waals surface area (Å²) in [6.45, 7) is 1.91. The second-order valence-corrected chi connectivity index (χ2v) is 5.99. The molecule has 3 aromatic rings. The number of rotatable bonds is 4. The van der Waals surface area contributed by atoms with Crippen LogP contribution < -0.4 is 0 Å². The van der Waals surface area contributed by atoms with E-state index in [1.807, 2.05) is 60.1 Å². The van der Waals surface area contributed by atoms with Gasteiger partial charge in [0.15, 0.2) is 5.16 Å². The summed E-state index contributed by atoms with van der Waals surface area (Å²) >= 11 is 7.67. The number of thioether (sulfide) groups is 1. The Morgan fingerprint density at radius 1 is 1.10 bits per heavy atom. The summed E-state index contributed by atoms with van der Waals surface area (Å²) in [5.41, 5.74) is 2.19. The molecule has 2 aromatic carbocycles. The number of benzene rings is 2. The van der Waals surface area contributed by atoms with E-state index in [0.29, 0.717) is 0 Å². The number of aryl methyl sites for hydroxylation is 1. The van der Waals surface area contributed by atoms with E-state index in [1.165, 1.54) is 5.56 Å². The summed E-state index contributed by atoms with van der Waals surface area (Å²) in [6.07, 6.45) is 0. The Bertz CT molecular complexity index is 740. The molecule has 0 amide bonds. The van der Waals surface area contributed by atoms with E-state index in [4.69, 9.17) is 11.6 Å². The highest BCUT2D eigenvalue weighted by atomic mass is 35.5. The molecule has 1 heterocycles. The van der Waals surface area contributed by atoms with Crippen molar-refractivity contribution in [2.75, 3.05) is 0 Å². The van der Waals surface area contributed by atoms with E-state index < -0.39 is 0 Å². The second-order valence-electron chi connectivity index (χ2n) is 4.61. The molecule has 3 nitrogen and oxygen atoms in total. The van der Waals surface area contributed by atoms with E-state index in [0.717, 1.165) is 27.4 Å². The van der Waals surface area contributed by atoms with Crippen molar-refractivity contribution >= 4 is 23.4 Å². The van der Waals surface area contributed by atoms with Crippen LogP contribution in [0.15, 0.2) is 59.8 Å². The first-order chi connectivity index (χ1) is 10.2. The van der Waals surface area contributed by atoms with Crippen LogP contribution in [-0.4, -0.2) is 14.8 Å². The summed E-state index contributed by atoms with van der Waals surface area (Å²) < 4.78 is 1.88. The van der Waals surface area contributed by atoms with Gasteiger partial charge in [-0.25, -0.2) is 9.67 Å². The second kappa shape index (κ2) is 6.33. The van der Waals surface area contributed by atoms with Crippen molar-refractivity contribution in [3.8, 4) is 5.69 Å². The van der Waals surface area contributed by atoms with E-state index in [9.17, 15) is 0 Å². The molecule has 0 aliphatic heterocycles. The van der Waals surface area contributed by atoms with Gasteiger partial charge in [0.1, 0.15) is 5.82 Å². The Labute approximate surface area is 133 Å². The van der Waals surface area contributed by atoms with E-state index in [-0.39, 0.29) is 0 Å². The smallest absolute Gasteiger partial charge is 0.191 e. The Hall–Kier alpha value is -1.78. The molecule has 0 unspecified atom stereocenters. The summed E-state index contributed by atoms with van der Waals surface area (Å²) in [6, 6.07) is 17.9. The molecule has 0 saturated carbocycles. The molecular weight excluding hydrogens is 302 g/mol. The summed E-state index contributed by atoms with van der Waals surface area (Å²) in [4.78, 5) is 4.51. The zero-order valence-corrected chi connectivity index (χ0v) is 13.1. The lowest BCUT2D eigenvalue weighted by atomic mass is 10.2. The molecule has 106 valence electrons. The van der Waals surface area contributed by atoms with Crippen LogP contribution in [0.5, 0.6) is 0 Å². The predicted molar refractivity (Wildman–Crippen MR) is 87.1 cm³/mol. The van der Waals surface area contributed by atoms with Crippen molar-refractivity contribution in [2.24, 2.45) is 0 Å². The Morgan fingerprint density at radius 3 is 2.67 bits per heavy atom. The van der Waals surface area contributed by atoms with Crippen molar-refractivity contribution in [2.45, 2.75) is 17.8 Å². The summed E-state index contributed by atoms with van der Waals surface area (Å²) in [5, 5.41) is 6.12. The first-order valence-electron chi connectivity index (χ1n) is 6.59. The molecule has 0 spiro atoms. The minimum Gasteiger partial charge on any atom is -0.208 e. The van der Waals surface area contributed by atoms with Crippen molar-refractivity contribution in [1.29, 1.82) is 0 Å². The fourth-order valence-corrected chi connectivity index (χ4v) is 3.15. The zero-order chi connectivity index (χ0) is 14.7. The van der Waals surface area contributed by atoms with Crippen molar-refractivity contribution in [1.82, 2.24) is 14.8 Å². The van der Waals surface area contributed by atoms with Crippen LogP contribution in [0.25, 0.3) is 5.69 Å². The third-order valence-electron chi connectivity index (χ3n) is 2.94. The van der Waals surface area contributed by atoms with Crippen LogP contribution in [-0.2, 0) is 5.75 Å². The fourth-order valence-electron chi connectivity index (χ4n) is 2.00. The minimum absolute atomic E-state index is 0.758. The average Bonchev–Trinajstić information content (AvgIpc) is 2.87. The van der Waals surface area contributed by atoms with Gasteiger partial charge in [0.25, 0.3) is 0 Å². The lowest BCUT2D eigenvalue weighted by Crippen LogP contribution is -1.98. The van der Waals surface area contributed by atoms with Gasteiger partial charge in [0.2, 0.25) is 0 Å². The molecular formula is C16H14ClN3S. The highest BCUT2D eigenvalue weighted by Gasteiger charge is 2.10. The quantitative estimate of drug-likeness (QED) is 0.663. The van der Waals surface area contributed by atoms with Crippen LogP contribution in [0.4, 0.5) is 0 Å². The van der Waals surface area contributed by atoms with Crippen LogP contribution >= 0.6 is 23.4 Å². The maximum atomic E-state index is 6.02. The van der Waals surface area contributed by atoms with Gasteiger partial charge in [0.05, 0.1) is 5.69 Å². The number of hydrogen-bond acceptors (Lipinski definition) is 3. The van der Waals surface area contributed by atoms with Gasteiger partial charge in [0, 0.05) is 10.8 Å². The van der Waals surface area contributed by atoms with E-state index in [2.05, 4.69) is 16.1 Å². The maximum absolute atomic E-state index is 6.02. The number of para-hydroxylation sites is 1. The summed E-state index contributed by atoms with van der Waals surface area (Å²) in [5.74, 6) is 1.58. The average molecular weight is 316 g/mol. The van der Waals surface area contributed by atoms with Gasteiger partial charge in [-0.15, -0.1) is 0 Å². The largest absolute Gasteiger partial charge is 0.208 e. The Balaban J connectivity index is 1.83. The Morgan fingerprint density at radius 2 is 1.90 bits per heavy atom. The highest BCUT2D eigenvalue weighted by Crippen LogP contribution is 2.24. The summed E-state index contributed by atoms with van der Waals surface area (Å²) in [7, 11) is 0. The van der Waals surface area contributed by atoms with Crippen LogP contribution in [0, 0.1) is 6.92 Å². The first-order valence-corrected chi connectivity index (χ1v) is 7.95. The van der Waals surface area contributed by atoms with Gasteiger partial charge in [-0.3, -0.25) is 0 Å². The molecule has 0 fully saturated rings. The van der Waals surface area contributed by atoms with E-state index >= 15 is 0 Å². The third-order valence-corrected chi connectivity index (χ3v) is 4.18. The van der Waals surface area contributed by atoms with Crippen molar-refractivity contribution < 1.29 is 0 Å². The van der Waals surface area contributed by atoms with Gasteiger partial charge in [-0.2, -0.15) is 5.10 Å². The molecule has 0 atom stereocenters. The van der Waals surface area contributed by atoms with Crippen molar-refractivity contribution in [3.05, 3.63) is 71.0 Å². The first kappa shape index (κ1) is 14.2. The molecule has 3 rings (SSSR count). The minimum atomic E-state index is 0.758. The van der Waals surface area contributed by atoms with Crippen LogP contribution in [0.2, 0.25) is 5.02 Å². The van der Waals surface area contributed by atoms with Gasteiger partial charge < -0.3 is 0 Å². The highest BCUT2D eigenvalue weighted by molar-refractivity contribution is 7.98. The molecule has 0 aliphatic carbocycles. The molecule has 1 aromatic heterocycles. The van der Waals surface area contributed by atoms with Gasteiger partial charge in [-0.05, 0) is 36.8 Å². The maximum Gasteiger partial charge on any atom is 0.191 e. The lowest BCUT2D eigenvalue weighted by Gasteiger charge is -2.05. The molecule has 0 radical (unpaired) electrons. The predicted octanol–water partition coefficient (Wildman–Crippen LogP) is 4.52. The van der Waals surface area contributed by atoms with Crippen LogP contribution in [0.3, 0.4) is 0 Å². The lowest BCUT2D eigenvalue weighted by molar-refractivity contribution is 0.782. The molecule has 0 N–H and O–H groups in total. The Kier molecular flexibility index (Phi) is 4.27. The molecule has 0 aliphatic rings. The molecule has 5 heteroatoms. The number of hydrogen-bond donors (Lipinski definition) is 0. The molecule has 21 heavy (non-hydrogen) atoms.